The molecule has 29 heavy (non-hydrogen) atoms. The Morgan fingerprint density at radius 3 is 2.62 bits per heavy atom. The summed E-state index contributed by atoms with van der Waals surface area (Å²) < 4.78 is 13.3. The molecule has 1 rings (SSSR count). The third-order valence-electron chi connectivity index (χ3n) is 5.34. The van der Waals surface area contributed by atoms with Crippen LogP contribution in [0.5, 0.6) is 0 Å². The molecule has 2 unspecified atom stereocenters. The minimum absolute atomic E-state index is 0.0992. The molecular weight excluding hydrogens is 365 g/mol. The van der Waals surface area contributed by atoms with Crippen LogP contribution in [0, 0.1) is 17.3 Å². The molecule has 0 aromatic rings. The number of alkyl halides is 1. The molecule has 0 saturated heterocycles. The molecule has 5 heteroatoms. The number of hydrogen-bond acceptors (Lipinski definition) is 3. The van der Waals surface area contributed by atoms with Gasteiger partial charge in [0.2, 0.25) is 6.41 Å². The van der Waals surface area contributed by atoms with E-state index in [1.807, 2.05) is 6.08 Å². The van der Waals surface area contributed by atoms with Crippen molar-refractivity contribution in [2.45, 2.75) is 53.6 Å². The Kier molecular flexibility index (Phi) is 10.1. The third-order valence-corrected chi connectivity index (χ3v) is 5.34. The molecular formula is C24H38FN3O. The lowest BCUT2D eigenvalue weighted by Gasteiger charge is -2.36. The van der Waals surface area contributed by atoms with Gasteiger partial charge in [0.15, 0.2) is 0 Å². The van der Waals surface area contributed by atoms with Crippen LogP contribution in [-0.2, 0) is 4.79 Å². The Hall–Kier alpha value is -2.14. The van der Waals surface area contributed by atoms with Crippen LogP contribution >= 0.6 is 0 Å². The highest BCUT2D eigenvalue weighted by atomic mass is 19.1. The molecule has 1 aliphatic rings. The fourth-order valence-corrected chi connectivity index (χ4v) is 3.75. The molecule has 0 saturated carbocycles. The summed E-state index contributed by atoms with van der Waals surface area (Å²) in [6.07, 6.45) is 10.2. The topological polar surface area (TPSA) is 67.1 Å². The van der Waals surface area contributed by atoms with Gasteiger partial charge in [-0.2, -0.15) is 0 Å². The average Bonchev–Trinajstić information content (AvgIpc) is 2.68. The number of nitrogens with one attached hydrogen (secondary N) is 2. The lowest BCUT2D eigenvalue weighted by molar-refractivity contribution is -0.110. The van der Waals surface area contributed by atoms with Crippen LogP contribution in [0.3, 0.4) is 0 Å². The Bertz CT molecular complexity index is 686. The van der Waals surface area contributed by atoms with E-state index in [4.69, 9.17) is 5.73 Å². The van der Waals surface area contributed by atoms with Gasteiger partial charge in [-0.3, -0.25) is 4.79 Å². The maximum atomic E-state index is 13.3. The Morgan fingerprint density at radius 2 is 2.14 bits per heavy atom. The summed E-state index contributed by atoms with van der Waals surface area (Å²) in [6.45, 7) is 15.8. The zero-order valence-electron chi connectivity index (χ0n) is 18.6. The lowest BCUT2D eigenvalue weighted by Crippen LogP contribution is -2.36. The molecule has 0 fully saturated rings. The van der Waals surface area contributed by atoms with Crippen molar-refractivity contribution < 1.29 is 9.18 Å². The number of hydrogen-bond donors (Lipinski definition) is 3. The molecule has 162 valence electrons. The third kappa shape index (κ3) is 8.01. The van der Waals surface area contributed by atoms with Crippen LogP contribution in [-0.4, -0.2) is 25.7 Å². The molecule has 0 aliphatic heterocycles. The van der Waals surface area contributed by atoms with Crippen LogP contribution in [0.2, 0.25) is 0 Å². The van der Waals surface area contributed by atoms with Crippen LogP contribution in [0.4, 0.5) is 4.39 Å². The minimum atomic E-state index is -0.924. The maximum Gasteiger partial charge on any atom is 0.207 e. The van der Waals surface area contributed by atoms with Crippen molar-refractivity contribution in [3.8, 4) is 0 Å². The standard InChI is InChI=1S/C24H38FN3O/c1-7-23(28-21-10-8-20(25)9-11-21)19(14-26)13-18(4)22(12-17(2)3)24(5,6)15-27-16-29/h7-8,10-11,13,16-17,20,22,28H,1,9,12,14-15,26H2,2-6H3,(H,27,29)/b18-13+,23-19-. The molecule has 1 aliphatic carbocycles. The maximum absolute atomic E-state index is 13.3. The van der Waals surface area contributed by atoms with Gasteiger partial charge in [0.1, 0.15) is 6.17 Å². The predicted octanol–water partition coefficient (Wildman–Crippen LogP) is 4.54. The summed E-state index contributed by atoms with van der Waals surface area (Å²) >= 11 is 0. The molecule has 4 nitrogen and oxygen atoms in total. The summed E-state index contributed by atoms with van der Waals surface area (Å²) in [6, 6.07) is 0. The normalized spacial score (nSPS) is 19.4. The van der Waals surface area contributed by atoms with E-state index in [9.17, 15) is 9.18 Å². The molecule has 0 spiro atoms. The Labute approximate surface area is 175 Å². The van der Waals surface area contributed by atoms with Crippen molar-refractivity contribution in [2.75, 3.05) is 13.1 Å². The molecule has 0 aromatic heterocycles. The number of rotatable bonds is 12. The number of carbonyl (C=O) groups excluding carboxylic acids is 1. The lowest BCUT2D eigenvalue weighted by atomic mass is 9.71. The molecule has 1 amide bonds. The SMILES string of the molecule is C=C/C(NC1=CCC(F)C=C1)=C(\C=C(/C)C(CC(C)C)C(C)(C)CNC=O)CN. The summed E-state index contributed by atoms with van der Waals surface area (Å²) in [4.78, 5) is 10.8. The Morgan fingerprint density at radius 1 is 1.45 bits per heavy atom. The molecule has 0 aromatic carbocycles. The highest BCUT2D eigenvalue weighted by Crippen LogP contribution is 2.37. The highest BCUT2D eigenvalue weighted by molar-refractivity contribution is 5.46. The first-order chi connectivity index (χ1) is 13.6. The van der Waals surface area contributed by atoms with Gasteiger partial charge in [0.05, 0.1) is 0 Å². The van der Waals surface area contributed by atoms with E-state index in [0.717, 1.165) is 29.8 Å². The van der Waals surface area contributed by atoms with Crippen molar-refractivity contribution in [3.63, 3.8) is 0 Å². The first-order valence-corrected chi connectivity index (χ1v) is 10.3. The first kappa shape index (κ1) is 24.9. The van der Waals surface area contributed by atoms with Gasteiger partial charge in [0.25, 0.3) is 0 Å². The second-order valence-corrected chi connectivity index (χ2v) is 8.80. The summed E-state index contributed by atoms with van der Waals surface area (Å²) in [7, 11) is 0. The number of nitrogens with two attached hydrogens (primary N) is 1. The molecule has 4 N–H and O–H groups in total. The van der Waals surface area contributed by atoms with Gasteiger partial charge in [-0.25, -0.2) is 4.39 Å². The fraction of sp³-hybridized carbons (Fsp3) is 0.542. The van der Waals surface area contributed by atoms with Crippen molar-refractivity contribution in [2.24, 2.45) is 23.0 Å². The summed E-state index contributed by atoms with van der Waals surface area (Å²) in [5.41, 5.74) is 9.81. The molecule has 0 radical (unpaired) electrons. The fourth-order valence-electron chi connectivity index (χ4n) is 3.75. The predicted molar refractivity (Wildman–Crippen MR) is 121 cm³/mol. The van der Waals surface area contributed by atoms with E-state index in [1.54, 1.807) is 18.2 Å². The van der Waals surface area contributed by atoms with Crippen LogP contribution in [0.25, 0.3) is 0 Å². The number of amides is 1. The summed E-state index contributed by atoms with van der Waals surface area (Å²) in [5.74, 6) is 0.802. The van der Waals surface area contributed by atoms with Gasteiger partial charge < -0.3 is 16.4 Å². The van der Waals surface area contributed by atoms with Crippen molar-refractivity contribution in [1.29, 1.82) is 0 Å². The molecule has 2 atom stereocenters. The average molecular weight is 404 g/mol. The van der Waals surface area contributed by atoms with Gasteiger partial charge in [-0.1, -0.05) is 52.0 Å². The molecule has 0 heterocycles. The van der Waals surface area contributed by atoms with Gasteiger partial charge in [-0.05, 0) is 54.4 Å². The quantitative estimate of drug-likeness (QED) is 0.331. The number of carbonyl (C=O) groups is 1. The van der Waals surface area contributed by atoms with Crippen LogP contribution in [0.15, 0.2) is 59.5 Å². The van der Waals surface area contributed by atoms with Crippen molar-refractivity contribution >= 4 is 6.41 Å². The van der Waals surface area contributed by atoms with Crippen molar-refractivity contribution in [3.05, 3.63) is 59.5 Å². The van der Waals surface area contributed by atoms with Gasteiger partial charge in [-0.15, -0.1) is 0 Å². The van der Waals surface area contributed by atoms with E-state index >= 15 is 0 Å². The van der Waals surface area contributed by atoms with Crippen LogP contribution < -0.4 is 16.4 Å². The van der Waals surface area contributed by atoms with Gasteiger partial charge >= 0.3 is 0 Å². The molecule has 0 bridgehead atoms. The second kappa shape index (κ2) is 11.8. The number of halogens is 1. The van der Waals surface area contributed by atoms with E-state index in [0.29, 0.717) is 25.4 Å². The second-order valence-electron chi connectivity index (χ2n) is 8.80. The van der Waals surface area contributed by atoms with Crippen LogP contribution in [0.1, 0.15) is 47.5 Å². The highest BCUT2D eigenvalue weighted by Gasteiger charge is 2.31. The largest absolute Gasteiger partial charge is 0.358 e. The van der Waals surface area contributed by atoms with E-state index in [-0.39, 0.29) is 11.3 Å². The van der Waals surface area contributed by atoms with Gasteiger partial charge in [0, 0.05) is 30.9 Å². The van der Waals surface area contributed by atoms with E-state index < -0.39 is 6.17 Å². The first-order valence-electron chi connectivity index (χ1n) is 10.3. The zero-order chi connectivity index (χ0) is 22.0. The smallest absolute Gasteiger partial charge is 0.207 e. The van der Waals surface area contributed by atoms with Crippen molar-refractivity contribution in [1.82, 2.24) is 10.6 Å². The number of allylic oxidation sites excluding steroid dienone is 5. The monoisotopic (exact) mass is 403 g/mol. The zero-order valence-corrected chi connectivity index (χ0v) is 18.6. The Balaban J connectivity index is 3.21. The minimum Gasteiger partial charge on any atom is -0.358 e. The van der Waals surface area contributed by atoms with E-state index in [2.05, 4.69) is 57.9 Å². The summed E-state index contributed by atoms with van der Waals surface area (Å²) in [5, 5.41) is 6.16. The van der Waals surface area contributed by atoms with E-state index in [1.165, 1.54) is 5.57 Å².